The van der Waals surface area contributed by atoms with Crippen molar-refractivity contribution in [3.8, 4) is 11.5 Å². The zero-order chi connectivity index (χ0) is 28.4. The molecule has 5 rings (SSSR count). The van der Waals surface area contributed by atoms with E-state index in [9.17, 15) is 19.1 Å². The third-order valence-electron chi connectivity index (χ3n) is 6.64. The fourth-order valence-corrected chi connectivity index (χ4v) is 5.73. The number of thiazole rings is 1. The second kappa shape index (κ2) is 11.5. The van der Waals surface area contributed by atoms with Crippen LogP contribution in [0, 0.1) is 12.7 Å². The maximum atomic E-state index is 13.6. The number of hydrogen-bond acceptors (Lipinski definition) is 7. The molecule has 4 aromatic rings. The Hall–Kier alpha value is -4.24. The van der Waals surface area contributed by atoms with Crippen molar-refractivity contribution in [2.24, 2.45) is 0 Å². The summed E-state index contributed by atoms with van der Waals surface area (Å²) in [4.78, 5) is 33.1. The predicted octanol–water partition coefficient (Wildman–Crippen LogP) is 6.95. The molecule has 1 aliphatic heterocycles. The van der Waals surface area contributed by atoms with Gasteiger partial charge in [-0.05, 0) is 79.9 Å². The van der Waals surface area contributed by atoms with Gasteiger partial charge in [-0.3, -0.25) is 14.5 Å². The van der Waals surface area contributed by atoms with E-state index in [1.54, 1.807) is 18.2 Å². The molecule has 0 bridgehead atoms. The zero-order valence-corrected chi connectivity index (χ0v) is 23.3. The Morgan fingerprint density at radius 2 is 1.80 bits per heavy atom. The number of aliphatic hydroxyl groups excluding tert-OH is 1. The first-order valence-corrected chi connectivity index (χ1v) is 14.0. The number of ether oxygens (including phenoxy) is 2. The van der Waals surface area contributed by atoms with Gasteiger partial charge in [-0.25, -0.2) is 9.37 Å². The summed E-state index contributed by atoms with van der Waals surface area (Å²) in [7, 11) is 0. The van der Waals surface area contributed by atoms with Gasteiger partial charge in [-0.2, -0.15) is 0 Å². The quantitative estimate of drug-likeness (QED) is 0.103. The SMILES string of the molecule is CCCCOc1ccc(C2/C(=C(\O)c3ccc(F)cc3)C(=O)C(=O)N2c2nc3ccc(C)cc3s2)cc1OCC. The van der Waals surface area contributed by atoms with Crippen LogP contribution in [0.15, 0.2) is 66.2 Å². The summed E-state index contributed by atoms with van der Waals surface area (Å²) in [5, 5.41) is 11.7. The number of amides is 1. The van der Waals surface area contributed by atoms with Crippen molar-refractivity contribution >= 4 is 44.1 Å². The smallest absolute Gasteiger partial charge is 0.301 e. The lowest BCUT2D eigenvalue weighted by molar-refractivity contribution is -0.132. The van der Waals surface area contributed by atoms with Crippen molar-refractivity contribution in [1.82, 2.24) is 4.98 Å². The number of anilines is 1. The maximum Gasteiger partial charge on any atom is 0.301 e. The Morgan fingerprint density at radius 3 is 2.52 bits per heavy atom. The third-order valence-corrected chi connectivity index (χ3v) is 7.66. The van der Waals surface area contributed by atoms with Gasteiger partial charge in [0.25, 0.3) is 5.78 Å². The van der Waals surface area contributed by atoms with Crippen LogP contribution in [0.4, 0.5) is 9.52 Å². The molecule has 206 valence electrons. The van der Waals surface area contributed by atoms with E-state index < -0.39 is 29.3 Å². The van der Waals surface area contributed by atoms with Gasteiger partial charge in [0.15, 0.2) is 16.6 Å². The summed E-state index contributed by atoms with van der Waals surface area (Å²) in [6, 6.07) is 15.1. The number of aryl methyl sites for hydroxylation is 1. The maximum absolute atomic E-state index is 13.6. The molecule has 1 N–H and O–H groups in total. The average Bonchev–Trinajstić information content (AvgIpc) is 3.47. The number of hydrogen-bond donors (Lipinski definition) is 1. The number of Topliss-reactive ketones (excluding diaryl/α,β-unsaturated/α-hetero) is 1. The Bertz CT molecular complexity index is 1610. The molecule has 1 saturated heterocycles. The molecule has 0 radical (unpaired) electrons. The van der Waals surface area contributed by atoms with Gasteiger partial charge in [0, 0.05) is 5.56 Å². The average molecular weight is 561 g/mol. The van der Waals surface area contributed by atoms with E-state index in [-0.39, 0.29) is 11.1 Å². The minimum absolute atomic E-state index is 0.117. The van der Waals surface area contributed by atoms with Crippen molar-refractivity contribution in [2.75, 3.05) is 18.1 Å². The number of nitrogens with zero attached hydrogens (tertiary/aromatic N) is 2. The number of unbranched alkanes of at least 4 members (excludes halogenated alkanes) is 1. The van der Waals surface area contributed by atoms with E-state index in [0.29, 0.717) is 40.9 Å². The van der Waals surface area contributed by atoms with Gasteiger partial charge in [0.2, 0.25) is 0 Å². The van der Waals surface area contributed by atoms with Gasteiger partial charge in [-0.15, -0.1) is 0 Å². The summed E-state index contributed by atoms with van der Waals surface area (Å²) in [6.07, 6.45) is 1.85. The fraction of sp³-hybridized carbons (Fsp3) is 0.258. The molecule has 0 aliphatic carbocycles. The molecule has 2 heterocycles. The highest BCUT2D eigenvalue weighted by molar-refractivity contribution is 7.22. The van der Waals surface area contributed by atoms with Crippen LogP contribution < -0.4 is 14.4 Å². The molecule has 1 fully saturated rings. The van der Waals surface area contributed by atoms with Gasteiger partial charge in [0.05, 0.1) is 35.0 Å². The lowest BCUT2D eigenvalue weighted by Gasteiger charge is -2.24. The van der Waals surface area contributed by atoms with Crippen molar-refractivity contribution in [3.63, 3.8) is 0 Å². The second-order valence-corrected chi connectivity index (χ2v) is 10.5. The van der Waals surface area contributed by atoms with Crippen LogP contribution in [0.5, 0.6) is 11.5 Å². The third kappa shape index (κ3) is 5.16. The van der Waals surface area contributed by atoms with Gasteiger partial charge in [0.1, 0.15) is 11.6 Å². The lowest BCUT2D eigenvalue weighted by atomic mass is 9.95. The minimum Gasteiger partial charge on any atom is -0.507 e. The number of carbonyl (C=O) groups excluding carboxylic acids is 2. The van der Waals surface area contributed by atoms with E-state index in [4.69, 9.17) is 9.47 Å². The normalized spacial score (nSPS) is 16.6. The number of benzene rings is 3. The summed E-state index contributed by atoms with van der Waals surface area (Å²) >= 11 is 1.29. The number of ketones is 1. The summed E-state index contributed by atoms with van der Waals surface area (Å²) in [5.74, 6) is -1.55. The molecule has 0 spiro atoms. The second-order valence-electron chi connectivity index (χ2n) is 9.48. The topological polar surface area (TPSA) is 89.0 Å². The van der Waals surface area contributed by atoms with Crippen LogP contribution in [0.1, 0.15) is 49.4 Å². The van der Waals surface area contributed by atoms with Crippen molar-refractivity contribution < 1.29 is 28.6 Å². The molecule has 1 aromatic heterocycles. The van der Waals surface area contributed by atoms with Crippen LogP contribution in [-0.2, 0) is 9.59 Å². The number of rotatable bonds is 9. The number of aliphatic hydroxyl groups is 1. The number of halogens is 1. The van der Waals surface area contributed by atoms with Crippen LogP contribution in [0.2, 0.25) is 0 Å². The molecular weight excluding hydrogens is 531 g/mol. The Kier molecular flexibility index (Phi) is 7.84. The molecular formula is C31H29FN2O5S. The molecule has 1 amide bonds. The molecule has 3 aromatic carbocycles. The van der Waals surface area contributed by atoms with E-state index >= 15 is 0 Å². The first-order valence-electron chi connectivity index (χ1n) is 13.2. The molecule has 1 atom stereocenters. The van der Waals surface area contributed by atoms with Crippen molar-refractivity contribution in [2.45, 2.75) is 39.7 Å². The lowest BCUT2D eigenvalue weighted by Crippen LogP contribution is -2.29. The fourth-order valence-electron chi connectivity index (χ4n) is 4.64. The monoisotopic (exact) mass is 560 g/mol. The summed E-state index contributed by atoms with van der Waals surface area (Å²) in [5.41, 5.74) is 2.37. The molecule has 1 unspecified atom stereocenters. The summed E-state index contributed by atoms with van der Waals surface area (Å²) < 4.78 is 26.3. The van der Waals surface area contributed by atoms with Crippen LogP contribution in [-0.4, -0.2) is 35.0 Å². The Labute approximate surface area is 235 Å². The summed E-state index contributed by atoms with van der Waals surface area (Å²) in [6.45, 7) is 6.79. The minimum atomic E-state index is -1.00. The molecule has 7 nitrogen and oxygen atoms in total. The number of carbonyl (C=O) groups is 2. The molecule has 9 heteroatoms. The first-order chi connectivity index (χ1) is 19.3. The van der Waals surface area contributed by atoms with Gasteiger partial charge in [-0.1, -0.05) is 36.8 Å². The highest BCUT2D eigenvalue weighted by Gasteiger charge is 2.48. The highest BCUT2D eigenvalue weighted by Crippen LogP contribution is 2.46. The van der Waals surface area contributed by atoms with Crippen molar-refractivity contribution in [3.05, 3.63) is 88.7 Å². The van der Waals surface area contributed by atoms with Crippen LogP contribution >= 0.6 is 11.3 Å². The standard InChI is InChI=1S/C31H29FN2O5S/c1-4-6-15-39-23-14-10-20(17-24(23)38-5-2)27-26(28(35)19-8-11-21(32)12-9-19)29(36)30(37)34(27)31-33-22-13-7-18(3)16-25(22)40-31/h7-14,16-17,27,35H,4-6,15H2,1-3H3/b28-26+. The predicted molar refractivity (Wildman–Crippen MR) is 154 cm³/mol. The zero-order valence-electron chi connectivity index (χ0n) is 22.4. The van der Waals surface area contributed by atoms with E-state index in [0.717, 1.165) is 23.1 Å². The first kappa shape index (κ1) is 27.3. The van der Waals surface area contributed by atoms with E-state index in [1.165, 1.54) is 40.5 Å². The largest absolute Gasteiger partial charge is 0.507 e. The number of fused-ring (bicyclic) bond motifs is 1. The van der Waals surface area contributed by atoms with Gasteiger partial charge >= 0.3 is 5.91 Å². The van der Waals surface area contributed by atoms with E-state index in [1.807, 2.05) is 32.0 Å². The Balaban J connectivity index is 1.69. The molecule has 0 saturated carbocycles. The van der Waals surface area contributed by atoms with Crippen LogP contribution in [0.25, 0.3) is 16.0 Å². The van der Waals surface area contributed by atoms with Gasteiger partial charge < -0.3 is 14.6 Å². The Morgan fingerprint density at radius 1 is 1.02 bits per heavy atom. The number of aromatic nitrogens is 1. The van der Waals surface area contributed by atoms with E-state index in [2.05, 4.69) is 11.9 Å². The molecule has 40 heavy (non-hydrogen) atoms. The van der Waals surface area contributed by atoms with Crippen LogP contribution in [0.3, 0.4) is 0 Å². The highest BCUT2D eigenvalue weighted by atomic mass is 32.1. The van der Waals surface area contributed by atoms with Crippen molar-refractivity contribution in [1.29, 1.82) is 0 Å². The molecule has 1 aliphatic rings.